The molecule has 3 aromatic rings. The summed E-state index contributed by atoms with van der Waals surface area (Å²) < 4.78 is 7.47. The zero-order valence-electron chi connectivity index (χ0n) is 14.8. The zero-order valence-corrected chi connectivity index (χ0v) is 15.6. The maximum Gasteiger partial charge on any atom is 0.221 e. The molecule has 0 radical (unpaired) electrons. The van der Waals surface area contributed by atoms with Gasteiger partial charge in [0.2, 0.25) is 5.91 Å². The van der Waals surface area contributed by atoms with Crippen LogP contribution in [0.2, 0.25) is 0 Å². The first-order valence-electron chi connectivity index (χ1n) is 8.38. The predicted molar refractivity (Wildman–Crippen MR) is 104 cm³/mol. The molecule has 1 amide bonds. The van der Waals surface area contributed by atoms with Gasteiger partial charge in [-0.05, 0) is 36.4 Å². The summed E-state index contributed by atoms with van der Waals surface area (Å²) in [7, 11) is 0. The number of ether oxygens (including phenoxy) is 1. The summed E-state index contributed by atoms with van der Waals surface area (Å²) >= 11 is 1.41. The highest BCUT2D eigenvalue weighted by atomic mass is 32.2. The smallest absolute Gasteiger partial charge is 0.221 e. The summed E-state index contributed by atoms with van der Waals surface area (Å²) in [5, 5.41) is 21.6. The van der Waals surface area contributed by atoms with Gasteiger partial charge in [0.05, 0.1) is 6.10 Å². The molecular weight excluding hydrogens is 364 g/mol. The molecule has 8 heteroatoms. The molecule has 0 aliphatic rings. The van der Waals surface area contributed by atoms with Gasteiger partial charge in [-0.2, -0.15) is 0 Å². The van der Waals surface area contributed by atoms with Crippen LogP contribution in [0.15, 0.2) is 66.1 Å². The van der Waals surface area contributed by atoms with Gasteiger partial charge in [0.1, 0.15) is 18.7 Å². The fourth-order valence-electron chi connectivity index (χ4n) is 2.34. The third kappa shape index (κ3) is 5.57. The fourth-order valence-corrected chi connectivity index (χ4v) is 3.17. The molecule has 0 spiro atoms. The largest absolute Gasteiger partial charge is 0.491 e. The molecule has 0 unspecified atom stereocenters. The van der Waals surface area contributed by atoms with Gasteiger partial charge in [-0.15, -0.1) is 10.2 Å². The number of aliphatic hydroxyl groups excluding tert-OH is 1. The number of aliphatic hydroxyl groups is 1. The van der Waals surface area contributed by atoms with E-state index in [9.17, 15) is 9.90 Å². The van der Waals surface area contributed by atoms with Crippen molar-refractivity contribution in [3.63, 3.8) is 0 Å². The molecule has 7 nitrogen and oxygen atoms in total. The van der Waals surface area contributed by atoms with Crippen molar-refractivity contribution >= 4 is 23.4 Å². The van der Waals surface area contributed by atoms with Gasteiger partial charge in [0, 0.05) is 24.1 Å². The van der Waals surface area contributed by atoms with Gasteiger partial charge < -0.3 is 15.2 Å². The fraction of sp³-hybridized carbons (Fsp3) is 0.211. The van der Waals surface area contributed by atoms with Crippen LogP contribution in [0, 0.1) is 0 Å². The number of aromatic nitrogens is 3. The zero-order chi connectivity index (χ0) is 19.1. The van der Waals surface area contributed by atoms with E-state index in [1.54, 1.807) is 30.6 Å². The molecule has 0 saturated carbocycles. The van der Waals surface area contributed by atoms with Crippen molar-refractivity contribution in [2.75, 3.05) is 17.7 Å². The van der Waals surface area contributed by atoms with Crippen molar-refractivity contribution in [2.45, 2.75) is 18.2 Å². The van der Waals surface area contributed by atoms with Crippen molar-refractivity contribution in [1.29, 1.82) is 0 Å². The van der Waals surface area contributed by atoms with E-state index in [0.717, 1.165) is 5.69 Å². The molecule has 0 aliphatic carbocycles. The second-order valence-corrected chi connectivity index (χ2v) is 6.79. The number of amides is 1. The lowest BCUT2D eigenvalue weighted by Crippen LogP contribution is -2.20. The Morgan fingerprint density at radius 3 is 2.67 bits per heavy atom. The van der Waals surface area contributed by atoms with E-state index in [4.69, 9.17) is 4.74 Å². The number of hydrogen-bond acceptors (Lipinski definition) is 6. The molecule has 1 aromatic heterocycles. The Balaban J connectivity index is 1.49. The minimum Gasteiger partial charge on any atom is -0.491 e. The number of para-hydroxylation sites is 1. The third-order valence-corrected chi connectivity index (χ3v) is 4.66. The molecule has 0 aliphatic heterocycles. The van der Waals surface area contributed by atoms with Crippen molar-refractivity contribution in [2.24, 2.45) is 0 Å². The van der Waals surface area contributed by atoms with Gasteiger partial charge in [-0.3, -0.25) is 9.36 Å². The topological polar surface area (TPSA) is 89.3 Å². The molecule has 2 N–H and O–H groups in total. The normalized spacial score (nSPS) is 11.8. The highest BCUT2D eigenvalue weighted by Crippen LogP contribution is 2.21. The number of nitrogens with zero attached hydrogens (tertiary/aromatic N) is 3. The molecule has 0 fully saturated rings. The van der Waals surface area contributed by atoms with E-state index < -0.39 is 6.10 Å². The maximum absolute atomic E-state index is 11.0. The molecule has 3 rings (SSSR count). The van der Waals surface area contributed by atoms with Gasteiger partial charge >= 0.3 is 0 Å². The summed E-state index contributed by atoms with van der Waals surface area (Å²) in [6.45, 7) is 1.61. The van der Waals surface area contributed by atoms with E-state index in [1.807, 2.05) is 34.9 Å². The molecule has 2 aromatic carbocycles. The minimum atomic E-state index is -0.661. The van der Waals surface area contributed by atoms with Crippen LogP contribution in [0.25, 0.3) is 5.69 Å². The Morgan fingerprint density at radius 1 is 1.22 bits per heavy atom. The van der Waals surface area contributed by atoms with Crippen LogP contribution in [0.1, 0.15) is 6.92 Å². The lowest BCUT2D eigenvalue weighted by Gasteiger charge is -2.13. The first-order chi connectivity index (χ1) is 13.1. The van der Waals surface area contributed by atoms with Gasteiger partial charge in [-0.1, -0.05) is 30.0 Å². The van der Waals surface area contributed by atoms with E-state index >= 15 is 0 Å². The van der Waals surface area contributed by atoms with E-state index in [1.165, 1.54) is 18.7 Å². The molecule has 1 atom stereocenters. The molecule has 0 saturated heterocycles. The highest BCUT2D eigenvalue weighted by molar-refractivity contribution is 7.99. The van der Waals surface area contributed by atoms with Crippen LogP contribution in [0.3, 0.4) is 0 Å². The second-order valence-electron chi connectivity index (χ2n) is 5.80. The monoisotopic (exact) mass is 384 g/mol. The van der Waals surface area contributed by atoms with Crippen LogP contribution in [0.5, 0.6) is 5.75 Å². The van der Waals surface area contributed by atoms with Crippen LogP contribution >= 0.6 is 11.8 Å². The SMILES string of the molecule is CC(=O)Nc1ccc(OC[C@@H](O)CSc2nncn2-c2ccccc2)cc1. The summed E-state index contributed by atoms with van der Waals surface area (Å²) in [4.78, 5) is 11.0. The number of benzene rings is 2. The van der Waals surface area contributed by atoms with E-state index in [2.05, 4.69) is 15.5 Å². The second kappa shape index (κ2) is 9.20. The van der Waals surface area contributed by atoms with Crippen LogP contribution in [-0.2, 0) is 4.79 Å². The lowest BCUT2D eigenvalue weighted by molar-refractivity contribution is -0.114. The van der Waals surface area contributed by atoms with Crippen LogP contribution in [-0.4, -0.2) is 44.2 Å². The van der Waals surface area contributed by atoms with Crippen molar-refractivity contribution < 1.29 is 14.6 Å². The van der Waals surface area contributed by atoms with Crippen molar-refractivity contribution in [1.82, 2.24) is 14.8 Å². The summed E-state index contributed by atoms with van der Waals surface area (Å²) in [5.41, 5.74) is 1.67. The van der Waals surface area contributed by atoms with Crippen molar-refractivity contribution in [3.05, 3.63) is 60.9 Å². The predicted octanol–water partition coefficient (Wildman–Crippen LogP) is 2.76. The summed E-state index contributed by atoms with van der Waals surface area (Å²) in [5.74, 6) is 0.926. The summed E-state index contributed by atoms with van der Waals surface area (Å²) in [6.07, 6.45) is 0.989. The average molecular weight is 384 g/mol. The van der Waals surface area contributed by atoms with Gasteiger partial charge in [0.25, 0.3) is 0 Å². The Bertz CT molecular complexity index is 868. The Kier molecular flexibility index (Phi) is 6.45. The van der Waals surface area contributed by atoms with E-state index in [0.29, 0.717) is 22.3 Å². The highest BCUT2D eigenvalue weighted by Gasteiger charge is 2.11. The number of rotatable bonds is 8. The van der Waals surface area contributed by atoms with Gasteiger partial charge in [-0.25, -0.2) is 0 Å². The van der Waals surface area contributed by atoms with Crippen molar-refractivity contribution in [3.8, 4) is 11.4 Å². The minimum absolute atomic E-state index is 0.125. The third-order valence-electron chi connectivity index (χ3n) is 3.57. The van der Waals surface area contributed by atoms with Crippen LogP contribution in [0.4, 0.5) is 5.69 Å². The number of carbonyl (C=O) groups is 1. The molecular formula is C19H20N4O3S. The van der Waals surface area contributed by atoms with Crippen LogP contribution < -0.4 is 10.1 Å². The standard InChI is InChI=1S/C19H20N4O3S/c1-14(24)21-15-7-9-18(10-8-15)26-11-17(25)12-27-19-22-20-13-23(19)16-5-3-2-4-6-16/h2-10,13,17,25H,11-12H2,1H3,(H,21,24)/t17-/m1/s1. The number of anilines is 1. The Hall–Kier alpha value is -2.84. The molecule has 27 heavy (non-hydrogen) atoms. The number of carbonyl (C=O) groups excluding carboxylic acids is 1. The van der Waals surface area contributed by atoms with E-state index in [-0.39, 0.29) is 12.5 Å². The first kappa shape index (κ1) is 18.9. The van der Waals surface area contributed by atoms with Gasteiger partial charge in [0.15, 0.2) is 5.16 Å². The first-order valence-corrected chi connectivity index (χ1v) is 9.37. The lowest BCUT2D eigenvalue weighted by atomic mass is 10.3. The number of thioether (sulfide) groups is 1. The Labute approximate surface area is 161 Å². The average Bonchev–Trinajstić information content (AvgIpc) is 3.15. The maximum atomic E-state index is 11.0. The Morgan fingerprint density at radius 2 is 1.96 bits per heavy atom. The number of hydrogen-bond donors (Lipinski definition) is 2. The number of nitrogens with one attached hydrogen (secondary N) is 1. The molecule has 140 valence electrons. The molecule has 0 bridgehead atoms. The summed E-state index contributed by atoms with van der Waals surface area (Å²) in [6, 6.07) is 16.8. The molecule has 1 heterocycles. The quantitative estimate of drug-likeness (QED) is 0.581.